The summed E-state index contributed by atoms with van der Waals surface area (Å²) in [7, 11) is 2.67. The van der Waals surface area contributed by atoms with E-state index in [0.29, 0.717) is 0 Å². The van der Waals surface area contributed by atoms with Crippen molar-refractivity contribution in [3.8, 4) is 22.6 Å². The summed E-state index contributed by atoms with van der Waals surface area (Å²) in [6, 6.07) is 7.43. The Labute approximate surface area is 150 Å². The van der Waals surface area contributed by atoms with E-state index in [1.807, 2.05) is 0 Å². The maximum absolute atomic E-state index is 12.4. The Balaban J connectivity index is 2.33. The predicted molar refractivity (Wildman–Crippen MR) is 94.3 cm³/mol. The van der Waals surface area contributed by atoms with Crippen LogP contribution in [0.4, 0.5) is 11.4 Å². The van der Waals surface area contributed by atoms with Crippen molar-refractivity contribution in [1.82, 2.24) is 0 Å². The van der Waals surface area contributed by atoms with Crippen LogP contribution in [0.2, 0.25) is 0 Å². The fourth-order valence-electron chi connectivity index (χ4n) is 2.65. The van der Waals surface area contributed by atoms with Crippen molar-refractivity contribution in [2.45, 2.75) is 0 Å². The molecule has 3 aromatic rings. The average Bonchev–Trinajstić information content (AvgIpc) is 2.65. The SMILES string of the molecule is COc1cc(-c2cc3cc([N+](=O)[O-])ccc3oc2=O)c([N+](=O)[O-])cc1OC. The van der Waals surface area contributed by atoms with E-state index in [-0.39, 0.29) is 39.3 Å². The third kappa shape index (κ3) is 3.15. The Hall–Kier alpha value is -3.95. The predicted octanol–water partition coefficient (Wildman–Crippen LogP) is 3.29. The molecule has 10 nitrogen and oxygen atoms in total. The lowest BCUT2D eigenvalue weighted by Crippen LogP contribution is -2.05. The normalized spacial score (nSPS) is 10.6. The third-order valence-corrected chi connectivity index (χ3v) is 3.92. The highest BCUT2D eigenvalue weighted by atomic mass is 16.6. The Morgan fingerprint density at radius 1 is 0.889 bits per heavy atom. The molecule has 138 valence electrons. The van der Waals surface area contributed by atoms with Crippen LogP contribution in [0.3, 0.4) is 0 Å². The minimum Gasteiger partial charge on any atom is -0.493 e. The summed E-state index contributed by atoms with van der Waals surface area (Å²) in [5.74, 6) is 0.297. The van der Waals surface area contributed by atoms with Crippen molar-refractivity contribution >= 4 is 22.3 Å². The van der Waals surface area contributed by atoms with Gasteiger partial charge in [0.1, 0.15) is 5.58 Å². The molecule has 0 fully saturated rings. The Morgan fingerprint density at radius 2 is 1.56 bits per heavy atom. The summed E-state index contributed by atoms with van der Waals surface area (Å²) in [6.45, 7) is 0. The molecular formula is C17H12N2O8. The molecular weight excluding hydrogens is 360 g/mol. The summed E-state index contributed by atoms with van der Waals surface area (Å²) in [5.41, 5.74) is -1.49. The average molecular weight is 372 g/mol. The second kappa shape index (κ2) is 6.75. The van der Waals surface area contributed by atoms with Crippen LogP contribution in [-0.4, -0.2) is 24.1 Å². The number of nitrogens with zero attached hydrogens (tertiary/aromatic N) is 2. The van der Waals surface area contributed by atoms with Crippen molar-refractivity contribution in [2.75, 3.05) is 14.2 Å². The molecule has 2 aromatic carbocycles. The van der Waals surface area contributed by atoms with Gasteiger partial charge in [-0.15, -0.1) is 0 Å². The number of rotatable bonds is 5. The molecule has 0 atom stereocenters. The number of nitro benzene ring substituents is 2. The van der Waals surface area contributed by atoms with Gasteiger partial charge in [0.2, 0.25) is 0 Å². The van der Waals surface area contributed by atoms with Crippen molar-refractivity contribution in [1.29, 1.82) is 0 Å². The van der Waals surface area contributed by atoms with Gasteiger partial charge in [-0.05, 0) is 18.2 Å². The van der Waals surface area contributed by atoms with Crippen LogP contribution in [0.5, 0.6) is 11.5 Å². The monoisotopic (exact) mass is 372 g/mol. The molecule has 0 saturated carbocycles. The van der Waals surface area contributed by atoms with Crippen molar-refractivity contribution < 1.29 is 23.7 Å². The van der Waals surface area contributed by atoms with E-state index in [9.17, 15) is 25.0 Å². The smallest absolute Gasteiger partial charge is 0.344 e. The zero-order valence-corrected chi connectivity index (χ0v) is 14.1. The zero-order chi connectivity index (χ0) is 19.7. The van der Waals surface area contributed by atoms with Gasteiger partial charge in [0.15, 0.2) is 11.5 Å². The first-order valence-corrected chi connectivity index (χ1v) is 7.48. The van der Waals surface area contributed by atoms with E-state index in [4.69, 9.17) is 13.9 Å². The Morgan fingerprint density at radius 3 is 2.15 bits per heavy atom. The van der Waals surface area contributed by atoms with E-state index >= 15 is 0 Å². The van der Waals surface area contributed by atoms with Crippen LogP contribution in [-0.2, 0) is 0 Å². The summed E-state index contributed by atoms with van der Waals surface area (Å²) in [6.07, 6.45) is 0. The van der Waals surface area contributed by atoms with Gasteiger partial charge in [0.25, 0.3) is 11.4 Å². The molecule has 0 radical (unpaired) electrons. The van der Waals surface area contributed by atoms with Crippen LogP contribution < -0.4 is 15.1 Å². The number of fused-ring (bicyclic) bond motifs is 1. The van der Waals surface area contributed by atoms with Gasteiger partial charge < -0.3 is 13.9 Å². The summed E-state index contributed by atoms with van der Waals surface area (Å²) >= 11 is 0. The van der Waals surface area contributed by atoms with Gasteiger partial charge in [-0.1, -0.05) is 0 Å². The van der Waals surface area contributed by atoms with E-state index in [1.54, 1.807) is 0 Å². The molecule has 0 aliphatic rings. The van der Waals surface area contributed by atoms with Gasteiger partial charge in [0.05, 0.1) is 41.3 Å². The molecule has 1 heterocycles. The molecule has 0 amide bonds. The zero-order valence-electron chi connectivity index (χ0n) is 14.1. The lowest BCUT2D eigenvalue weighted by atomic mass is 10.0. The Bertz CT molecular complexity index is 1140. The highest BCUT2D eigenvalue weighted by Gasteiger charge is 2.24. The Kier molecular flexibility index (Phi) is 4.46. The summed E-state index contributed by atoms with van der Waals surface area (Å²) in [5, 5.41) is 22.7. The lowest BCUT2D eigenvalue weighted by molar-refractivity contribution is -0.384. The van der Waals surface area contributed by atoms with Crippen LogP contribution >= 0.6 is 0 Å². The van der Waals surface area contributed by atoms with Crippen molar-refractivity contribution in [3.05, 3.63) is 67.0 Å². The van der Waals surface area contributed by atoms with Gasteiger partial charge in [-0.2, -0.15) is 0 Å². The van der Waals surface area contributed by atoms with Crippen LogP contribution in [0.15, 0.2) is 45.6 Å². The molecule has 3 rings (SSSR count). The van der Waals surface area contributed by atoms with Crippen molar-refractivity contribution in [2.24, 2.45) is 0 Å². The van der Waals surface area contributed by atoms with Gasteiger partial charge in [-0.25, -0.2) is 4.79 Å². The molecule has 0 aliphatic carbocycles. The highest BCUT2D eigenvalue weighted by Crippen LogP contribution is 2.39. The molecule has 0 aliphatic heterocycles. The quantitative estimate of drug-likeness (QED) is 0.378. The molecule has 0 N–H and O–H groups in total. The maximum Gasteiger partial charge on any atom is 0.344 e. The third-order valence-electron chi connectivity index (χ3n) is 3.92. The van der Waals surface area contributed by atoms with E-state index in [1.165, 1.54) is 44.6 Å². The fraction of sp³-hybridized carbons (Fsp3) is 0.118. The molecule has 1 aromatic heterocycles. The van der Waals surface area contributed by atoms with Crippen LogP contribution in [0.25, 0.3) is 22.1 Å². The number of ether oxygens (including phenoxy) is 2. The maximum atomic E-state index is 12.4. The number of hydrogen-bond acceptors (Lipinski definition) is 8. The summed E-state index contributed by atoms with van der Waals surface area (Å²) in [4.78, 5) is 33.5. The van der Waals surface area contributed by atoms with Crippen LogP contribution in [0, 0.1) is 20.2 Å². The number of hydrogen-bond donors (Lipinski definition) is 0. The second-order valence-corrected chi connectivity index (χ2v) is 5.41. The molecule has 27 heavy (non-hydrogen) atoms. The number of methoxy groups -OCH3 is 2. The molecule has 0 unspecified atom stereocenters. The standard InChI is InChI=1S/C17H12N2O8/c1-25-15-7-11(13(19(23)24)8-16(15)26-2)12-6-9-5-10(18(21)22)3-4-14(9)27-17(12)20/h3-8H,1-2H3. The largest absolute Gasteiger partial charge is 0.493 e. The molecule has 10 heteroatoms. The van der Waals surface area contributed by atoms with Gasteiger partial charge in [-0.3, -0.25) is 20.2 Å². The molecule has 0 bridgehead atoms. The van der Waals surface area contributed by atoms with E-state index in [2.05, 4.69) is 0 Å². The number of nitro groups is 2. The van der Waals surface area contributed by atoms with Crippen molar-refractivity contribution in [3.63, 3.8) is 0 Å². The minimum atomic E-state index is -0.827. The number of benzene rings is 2. The fourth-order valence-corrected chi connectivity index (χ4v) is 2.65. The highest BCUT2D eigenvalue weighted by molar-refractivity contribution is 5.86. The first-order chi connectivity index (χ1) is 12.8. The van der Waals surface area contributed by atoms with Gasteiger partial charge >= 0.3 is 5.63 Å². The van der Waals surface area contributed by atoms with Gasteiger partial charge in [0, 0.05) is 17.5 Å². The first kappa shape index (κ1) is 17.9. The molecule has 0 spiro atoms. The van der Waals surface area contributed by atoms with E-state index < -0.39 is 21.2 Å². The minimum absolute atomic E-state index is 0.0557. The first-order valence-electron chi connectivity index (χ1n) is 7.48. The van der Waals surface area contributed by atoms with E-state index in [0.717, 1.165) is 6.07 Å². The summed E-state index contributed by atoms with van der Waals surface area (Å²) < 4.78 is 15.4. The lowest BCUT2D eigenvalue weighted by Gasteiger charge is -2.10. The van der Waals surface area contributed by atoms with Crippen LogP contribution in [0.1, 0.15) is 0 Å². The topological polar surface area (TPSA) is 135 Å². The molecule has 0 saturated heterocycles. The second-order valence-electron chi connectivity index (χ2n) is 5.41. The number of non-ortho nitro benzene ring substituents is 1.